The quantitative estimate of drug-likeness (QED) is 0.725. The average molecular weight is 254 g/mol. The first-order valence-electron chi connectivity index (χ1n) is 5.59. The Morgan fingerprint density at radius 1 is 1.32 bits per heavy atom. The van der Waals surface area contributed by atoms with E-state index in [1.165, 1.54) is 6.07 Å². The van der Waals surface area contributed by atoms with Crippen molar-refractivity contribution >= 4 is 5.95 Å². The van der Waals surface area contributed by atoms with Gasteiger partial charge in [0.25, 0.3) is 0 Å². The number of rotatable bonds is 2. The van der Waals surface area contributed by atoms with E-state index in [4.69, 9.17) is 10.2 Å². The van der Waals surface area contributed by atoms with Crippen LogP contribution in [0.15, 0.2) is 52.1 Å². The predicted molar refractivity (Wildman–Crippen MR) is 70.2 cm³/mol. The topological polar surface area (TPSA) is 97.8 Å². The molecule has 3 N–H and O–H groups in total. The lowest BCUT2D eigenvalue weighted by atomic mass is 10.1. The van der Waals surface area contributed by atoms with E-state index in [2.05, 4.69) is 15.0 Å². The largest absolute Gasteiger partial charge is 0.463 e. The molecule has 3 aromatic heterocycles. The summed E-state index contributed by atoms with van der Waals surface area (Å²) in [7, 11) is 0. The summed E-state index contributed by atoms with van der Waals surface area (Å²) >= 11 is 0. The molecule has 0 spiro atoms. The SMILES string of the molecule is Nc1ncc(-c2cc[nH]c(=O)c2)c(-c2ccco2)n1. The Morgan fingerprint density at radius 3 is 2.95 bits per heavy atom. The Hall–Kier alpha value is -2.89. The second kappa shape index (κ2) is 4.41. The van der Waals surface area contributed by atoms with Crippen LogP contribution in [0.2, 0.25) is 0 Å². The molecule has 0 saturated carbocycles. The molecule has 0 fully saturated rings. The molecule has 0 aliphatic carbocycles. The number of hydrogen-bond acceptors (Lipinski definition) is 5. The zero-order chi connectivity index (χ0) is 13.2. The van der Waals surface area contributed by atoms with E-state index < -0.39 is 0 Å². The molecule has 3 rings (SSSR count). The van der Waals surface area contributed by atoms with Crippen molar-refractivity contribution in [3.05, 3.63) is 53.3 Å². The average Bonchev–Trinajstić information content (AvgIpc) is 2.92. The summed E-state index contributed by atoms with van der Waals surface area (Å²) in [6.45, 7) is 0. The van der Waals surface area contributed by atoms with Crippen LogP contribution in [0.5, 0.6) is 0 Å². The van der Waals surface area contributed by atoms with Crippen LogP contribution in [-0.4, -0.2) is 15.0 Å². The molecule has 3 heterocycles. The molecule has 19 heavy (non-hydrogen) atoms. The second-order valence-corrected chi connectivity index (χ2v) is 3.91. The Labute approximate surface area is 108 Å². The Bertz CT molecular complexity index is 762. The zero-order valence-corrected chi connectivity index (χ0v) is 9.83. The number of H-pyrrole nitrogens is 1. The lowest BCUT2D eigenvalue weighted by molar-refractivity contribution is 0.580. The molecule has 0 aliphatic heterocycles. The normalized spacial score (nSPS) is 10.5. The highest BCUT2D eigenvalue weighted by molar-refractivity contribution is 5.78. The summed E-state index contributed by atoms with van der Waals surface area (Å²) in [6.07, 6.45) is 4.70. The number of furan rings is 1. The second-order valence-electron chi connectivity index (χ2n) is 3.91. The van der Waals surface area contributed by atoms with Crippen LogP contribution in [0.4, 0.5) is 5.95 Å². The van der Waals surface area contributed by atoms with Crippen molar-refractivity contribution in [2.45, 2.75) is 0 Å². The molecule has 94 valence electrons. The van der Waals surface area contributed by atoms with Crippen molar-refractivity contribution in [3.63, 3.8) is 0 Å². The van der Waals surface area contributed by atoms with Gasteiger partial charge in [-0.1, -0.05) is 0 Å². The molecule has 3 aromatic rings. The Kier molecular flexibility index (Phi) is 2.60. The maximum atomic E-state index is 11.4. The molecular formula is C13H10N4O2. The molecule has 0 aromatic carbocycles. The Balaban J connectivity index is 2.24. The fourth-order valence-electron chi connectivity index (χ4n) is 1.82. The molecule has 0 aliphatic rings. The monoisotopic (exact) mass is 254 g/mol. The van der Waals surface area contributed by atoms with E-state index in [9.17, 15) is 4.79 Å². The summed E-state index contributed by atoms with van der Waals surface area (Å²) in [5.74, 6) is 0.726. The van der Waals surface area contributed by atoms with Gasteiger partial charge in [-0.25, -0.2) is 9.97 Å². The number of nitrogens with one attached hydrogen (secondary N) is 1. The number of aromatic amines is 1. The first kappa shape index (κ1) is 11.2. The fraction of sp³-hybridized carbons (Fsp3) is 0. The molecule has 0 saturated heterocycles. The molecule has 0 radical (unpaired) electrons. The summed E-state index contributed by atoms with van der Waals surface area (Å²) < 4.78 is 5.34. The number of hydrogen-bond donors (Lipinski definition) is 2. The van der Waals surface area contributed by atoms with Gasteiger partial charge < -0.3 is 15.1 Å². The van der Waals surface area contributed by atoms with Crippen molar-refractivity contribution in [2.24, 2.45) is 0 Å². The lowest BCUT2D eigenvalue weighted by Crippen LogP contribution is -2.04. The number of anilines is 1. The van der Waals surface area contributed by atoms with E-state index in [0.717, 1.165) is 0 Å². The summed E-state index contributed by atoms with van der Waals surface area (Å²) in [4.78, 5) is 22.1. The van der Waals surface area contributed by atoms with E-state index in [0.29, 0.717) is 22.6 Å². The number of aromatic nitrogens is 3. The predicted octanol–water partition coefficient (Wildman–Crippen LogP) is 1.67. The number of nitrogens with two attached hydrogens (primary N) is 1. The highest BCUT2D eigenvalue weighted by Crippen LogP contribution is 2.29. The minimum absolute atomic E-state index is 0.153. The molecule has 0 atom stereocenters. The van der Waals surface area contributed by atoms with Gasteiger partial charge in [-0.15, -0.1) is 0 Å². The van der Waals surface area contributed by atoms with E-state index in [1.54, 1.807) is 36.9 Å². The minimum Gasteiger partial charge on any atom is -0.463 e. The van der Waals surface area contributed by atoms with Crippen LogP contribution in [0.3, 0.4) is 0 Å². The number of nitrogens with zero attached hydrogens (tertiary/aromatic N) is 2. The summed E-state index contributed by atoms with van der Waals surface area (Å²) in [6, 6.07) is 6.78. The van der Waals surface area contributed by atoms with Gasteiger partial charge in [-0.05, 0) is 23.8 Å². The molecular weight excluding hydrogens is 244 g/mol. The third kappa shape index (κ3) is 2.11. The molecule has 6 heteroatoms. The third-order valence-corrected chi connectivity index (χ3v) is 2.65. The van der Waals surface area contributed by atoms with Crippen molar-refractivity contribution in [3.8, 4) is 22.6 Å². The van der Waals surface area contributed by atoms with E-state index in [1.807, 2.05) is 0 Å². The van der Waals surface area contributed by atoms with Gasteiger partial charge in [0.15, 0.2) is 5.76 Å². The van der Waals surface area contributed by atoms with Gasteiger partial charge in [0.05, 0.1) is 6.26 Å². The van der Waals surface area contributed by atoms with Gasteiger partial charge in [-0.2, -0.15) is 0 Å². The maximum Gasteiger partial charge on any atom is 0.248 e. The van der Waals surface area contributed by atoms with Gasteiger partial charge in [0.1, 0.15) is 5.69 Å². The van der Waals surface area contributed by atoms with Crippen molar-refractivity contribution in [1.29, 1.82) is 0 Å². The van der Waals surface area contributed by atoms with Crippen LogP contribution in [0, 0.1) is 0 Å². The fourth-order valence-corrected chi connectivity index (χ4v) is 1.82. The van der Waals surface area contributed by atoms with E-state index in [-0.39, 0.29) is 11.5 Å². The van der Waals surface area contributed by atoms with Gasteiger partial charge in [-0.3, -0.25) is 4.79 Å². The van der Waals surface area contributed by atoms with Gasteiger partial charge >= 0.3 is 0 Å². The minimum atomic E-state index is -0.195. The lowest BCUT2D eigenvalue weighted by Gasteiger charge is -2.06. The van der Waals surface area contributed by atoms with Crippen molar-refractivity contribution in [1.82, 2.24) is 15.0 Å². The molecule has 0 unspecified atom stereocenters. The van der Waals surface area contributed by atoms with Crippen LogP contribution < -0.4 is 11.3 Å². The smallest absolute Gasteiger partial charge is 0.248 e. The molecule has 0 bridgehead atoms. The standard InChI is InChI=1S/C13H10N4O2/c14-13-16-7-9(8-3-4-15-11(18)6-8)12(17-13)10-2-1-5-19-10/h1-7H,(H,15,18)(H2,14,16,17). The summed E-state index contributed by atoms with van der Waals surface area (Å²) in [5, 5.41) is 0. The van der Waals surface area contributed by atoms with Crippen molar-refractivity contribution < 1.29 is 4.42 Å². The highest BCUT2D eigenvalue weighted by Gasteiger charge is 2.13. The molecule has 0 amide bonds. The van der Waals surface area contributed by atoms with Crippen LogP contribution >= 0.6 is 0 Å². The van der Waals surface area contributed by atoms with Gasteiger partial charge in [0.2, 0.25) is 11.5 Å². The third-order valence-electron chi connectivity index (χ3n) is 2.65. The molecule has 6 nitrogen and oxygen atoms in total. The maximum absolute atomic E-state index is 11.4. The highest BCUT2D eigenvalue weighted by atomic mass is 16.3. The van der Waals surface area contributed by atoms with Crippen LogP contribution in [0.1, 0.15) is 0 Å². The number of nitrogen functional groups attached to an aromatic ring is 1. The summed E-state index contributed by atoms with van der Waals surface area (Å²) in [5.41, 5.74) is 7.37. The van der Waals surface area contributed by atoms with E-state index >= 15 is 0 Å². The van der Waals surface area contributed by atoms with Gasteiger partial charge in [0, 0.05) is 24.0 Å². The van der Waals surface area contributed by atoms with Crippen molar-refractivity contribution in [2.75, 3.05) is 5.73 Å². The first-order chi connectivity index (χ1) is 9.24. The van der Waals surface area contributed by atoms with Crippen LogP contribution in [-0.2, 0) is 0 Å². The zero-order valence-electron chi connectivity index (χ0n) is 9.83. The Morgan fingerprint density at radius 2 is 2.21 bits per heavy atom. The first-order valence-corrected chi connectivity index (χ1v) is 5.59. The number of pyridine rings is 1. The van der Waals surface area contributed by atoms with Crippen LogP contribution in [0.25, 0.3) is 22.6 Å².